The molecule has 7 heteroatoms. The van der Waals surface area contributed by atoms with E-state index in [4.69, 9.17) is 4.74 Å². The lowest BCUT2D eigenvalue weighted by molar-refractivity contribution is 0.325. The summed E-state index contributed by atoms with van der Waals surface area (Å²) in [4.78, 5) is 15.3. The van der Waals surface area contributed by atoms with Gasteiger partial charge >= 0.3 is 0 Å². The molecule has 0 aliphatic carbocycles. The summed E-state index contributed by atoms with van der Waals surface area (Å²) in [6, 6.07) is 1.88. The number of nitrogens with one attached hydrogen (secondary N) is 1. The molecule has 0 unspecified atom stereocenters. The Morgan fingerprint density at radius 2 is 2.10 bits per heavy atom. The topological polar surface area (TPSA) is 79.8 Å². The number of hydrogen-bond acceptors (Lipinski definition) is 6. The lowest BCUT2D eigenvalue weighted by Crippen LogP contribution is -2.46. The summed E-state index contributed by atoms with van der Waals surface area (Å²) < 4.78 is 5.45. The predicted octanol–water partition coefficient (Wildman–Crippen LogP) is 1.21. The molecular formula is C13H18N6O. The number of aryl methyl sites for hydroxylation is 2. The highest BCUT2D eigenvalue weighted by atomic mass is 16.5. The molecule has 0 radical (unpaired) electrons. The van der Waals surface area contributed by atoms with Crippen molar-refractivity contribution in [2.45, 2.75) is 26.7 Å². The number of ether oxygens (including phenoxy) is 1. The van der Waals surface area contributed by atoms with Crippen molar-refractivity contribution < 1.29 is 4.74 Å². The van der Waals surface area contributed by atoms with E-state index in [1.54, 1.807) is 0 Å². The molecule has 1 saturated heterocycles. The monoisotopic (exact) mass is 274 g/mol. The summed E-state index contributed by atoms with van der Waals surface area (Å²) in [7, 11) is 0. The molecule has 0 bridgehead atoms. The SMILES string of the molecule is CCOc1cc(N2CC(c3n[nH]c(C)n3)C2)nc(C)n1. The molecule has 3 heterocycles. The molecule has 3 rings (SSSR count). The Morgan fingerprint density at radius 3 is 2.75 bits per heavy atom. The van der Waals surface area contributed by atoms with Crippen molar-refractivity contribution in [2.75, 3.05) is 24.6 Å². The van der Waals surface area contributed by atoms with Gasteiger partial charge in [-0.25, -0.2) is 9.97 Å². The fourth-order valence-electron chi connectivity index (χ4n) is 2.28. The molecule has 2 aromatic rings. The Hall–Kier alpha value is -2.18. The van der Waals surface area contributed by atoms with E-state index >= 15 is 0 Å². The molecule has 20 heavy (non-hydrogen) atoms. The molecule has 106 valence electrons. The van der Waals surface area contributed by atoms with E-state index < -0.39 is 0 Å². The number of hydrogen-bond donors (Lipinski definition) is 1. The van der Waals surface area contributed by atoms with Gasteiger partial charge in [0.15, 0.2) is 5.82 Å². The van der Waals surface area contributed by atoms with Crippen LogP contribution in [0.5, 0.6) is 5.88 Å². The minimum Gasteiger partial charge on any atom is -0.478 e. The summed E-state index contributed by atoms with van der Waals surface area (Å²) in [6.07, 6.45) is 0. The van der Waals surface area contributed by atoms with Gasteiger partial charge in [-0.05, 0) is 20.8 Å². The van der Waals surface area contributed by atoms with Gasteiger partial charge < -0.3 is 9.64 Å². The fourth-order valence-corrected chi connectivity index (χ4v) is 2.28. The summed E-state index contributed by atoms with van der Waals surface area (Å²) >= 11 is 0. The van der Waals surface area contributed by atoms with Crippen molar-refractivity contribution in [3.05, 3.63) is 23.5 Å². The molecule has 0 amide bonds. The van der Waals surface area contributed by atoms with Crippen LogP contribution in [0.15, 0.2) is 6.07 Å². The molecule has 1 fully saturated rings. The summed E-state index contributed by atoms with van der Waals surface area (Å²) in [5.74, 6) is 4.37. The number of H-pyrrole nitrogens is 1. The zero-order valence-electron chi connectivity index (χ0n) is 11.9. The van der Waals surface area contributed by atoms with Crippen LogP contribution in [0.2, 0.25) is 0 Å². The Labute approximate surface area is 117 Å². The van der Waals surface area contributed by atoms with Crippen LogP contribution in [0.1, 0.15) is 30.3 Å². The summed E-state index contributed by atoms with van der Waals surface area (Å²) in [5, 5.41) is 7.09. The maximum absolute atomic E-state index is 5.45. The molecule has 0 atom stereocenters. The highest BCUT2D eigenvalue weighted by molar-refractivity contribution is 5.46. The van der Waals surface area contributed by atoms with Crippen LogP contribution in [0.3, 0.4) is 0 Å². The van der Waals surface area contributed by atoms with Gasteiger partial charge in [0.25, 0.3) is 0 Å². The second kappa shape index (κ2) is 5.07. The van der Waals surface area contributed by atoms with Crippen LogP contribution in [0, 0.1) is 13.8 Å². The fraction of sp³-hybridized carbons (Fsp3) is 0.538. The Kier molecular flexibility index (Phi) is 3.25. The van der Waals surface area contributed by atoms with Crippen LogP contribution in [-0.4, -0.2) is 44.8 Å². The quantitative estimate of drug-likeness (QED) is 0.902. The summed E-state index contributed by atoms with van der Waals surface area (Å²) in [6.45, 7) is 8.09. The number of rotatable bonds is 4. The van der Waals surface area contributed by atoms with E-state index in [2.05, 4.69) is 30.0 Å². The smallest absolute Gasteiger partial charge is 0.218 e. The predicted molar refractivity (Wildman–Crippen MR) is 74.0 cm³/mol. The minimum atomic E-state index is 0.366. The van der Waals surface area contributed by atoms with E-state index in [1.807, 2.05) is 26.8 Å². The van der Waals surface area contributed by atoms with Crippen molar-refractivity contribution in [1.29, 1.82) is 0 Å². The van der Waals surface area contributed by atoms with Crippen LogP contribution in [0.4, 0.5) is 5.82 Å². The van der Waals surface area contributed by atoms with Crippen LogP contribution >= 0.6 is 0 Å². The van der Waals surface area contributed by atoms with Gasteiger partial charge in [0.2, 0.25) is 5.88 Å². The van der Waals surface area contributed by atoms with Crippen molar-refractivity contribution >= 4 is 5.82 Å². The lowest BCUT2D eigenvalue weighted by atomic mass is 9.99. The van der Waals surface area contributed by atoms with Gasteiger partial charge in [-0.2, -0.15) is 10.1 Å². The molecule has 1 N–H and O–H groups in total. The Balaban J connectivity index is 1.70. The zero-order valence-corrected chi connectivity index (χ0v) is 11.9. The molecular weight excluding hydrogens is 256 g/mol. The lowest BCUT2D eigenvalue weighted by Gasteiger charge is -2.38. The van der Waals surface area contributed by atoms with Crippen molar-refractivity contribution in [2.24, 2.45) is 0 Å². The van der Waals surface area contributed by atoms with E-state index in [9.17, 15) is 0 Å². The van der Waals surface area contributed by atoms with Crippen molar-refractivity contribution in [3.8, 4) is 5.88 Å². The second-order valence-electron chi connectivity index (χ2n) is 4.93. The Bertz CT molecular complexity index is 605. The molecule has 0 saturated carbocycles. The van der Waals surface area contributed by atoms with Gasteiger partial charge in [0.05, 0.1) is 12.5 Å². The van der Waals surface area contributed by atoms with E-state index in [1.165, 1.54) is 0 Å². The number of aromatic nitrogens is 5. The van der Waals surface area contributed by atoms with E-state index in [0.29, 0.717) is 18.4 Å². The third-order valence-corrected chi connectivity index (χ3v) is 3.28. The van der Waals surface area contributed by atoms with Gasteiger partial charge in [0.1, 0.15) is 17.5 Å². The molecule has 0 spiro atoms. The molecule has 1 aliphatic heterocycles. The second-order valence-corrected chi connectivity index (χ2v) is 4.93. The maximum atomic E-state index is 5.45. The van der Waals surface area contributed by atoms with E-state index in [0.717, 1.165) is 36.4 Å². The first-order valence-electron chi connectivity index (χ1n) is 6.78. The maximum Gasteiger partial charge on any atom is 0.218 e. The first-order chi connectivity index (χ1) is 9.65. The first kappa shape index (κ1) is 12.8. The molecule has 7 nitrogen and oxygen atoms in total. The highest BCUT2D eigenvalue weighted by Crippen LogP contribution is 2.30. The number of nitrogens with zero attached hydrogens (tertiary/aromatic N) is 5. The standard InChI is InChI=1S/C13H18N6O/c1-4-20-12-5-11(14-8(2)15-12)19-6-10(7-19)13-16-9(3)17-18-13/h5,10H,4,6-7H2,1-3H3,(H,16,17,18). The zero-order chi connectivity index (χ0) is 14.1. The van der Waals surface area contributed by atoms with Crippen molar-refractivity contribution in [3.63, 3.8) is 0 Å². The molecule has 1 aliphatic rings. The van der Waals surface area contributed by atoms with Gasteiger partial charge in [-0.3, -0.25) is 5.10 Å². The minimum absolute atomic E-state index is 0.366. The average Bonchev–Trinajstić information content (AvgIpc) is 2.73. The largest absolute Gasteiger partial charge is 0.478 e. The molecule has 0 aromatic carbocycles. The van der Waals surface area contributed by atoms with Crippen LogP contribution < -0.4 is 9.64 Å². The Morgan fingerprint density at radius 1 is 1.30 bits per heavy atom. The third-order valence-electron chi connectivity index (χ3n) is 3.28. The third kappa shape index (κ3) is 2.43. The van der Waals surface area contributed by atoms with Crippen LogP contribution in [-0.2, 0) is 0 Å². The average molecular weight is 274 g/mol. The first-order valence-corrected chi connectivity index (χ1v) is 6.78. The van der Waals surface area contributed by atoms with Gasteiger partial charge in [0, 0.05) is 19.2 Å². The highest BCUT2D eigenvalue weighted by Gasteiger charge is 2.32. The normalized spacial score (nSPS) is 15.2. The van der Waals surface area contributed by atoms with Crippen molar-refractivity contribution in [1.82, 2.24) is 25.1 Å². The molecule has 2 aromatic heterocycles. The van der Waals surface area contributed by atoms with Gasteiger partial charge in [-0.15, -0.1) is 0 Å². The number of anilines is 1. The summed E-state index contributed by atoms with van der Waals surface area (Å²) in [5.41, 5.74) is 0. The van der Waals surface area contributed by atoms with Crippen LogP contribution in [0.25, 0.3) is 0 Å². The van der Waals surface area contributed by atoms with Gasteiger partial charge in [-0.1, -0.05) is 0 Å². The number of aromatic amines is 1. The van der Waals surface area contributed by atoms with E-state index in [-0.39, 0.29) is 0 Å².